The number of rotatable bonds is 5. The van der Waals surface area contributed by atoms with E-state index in [2.05, 4.69) is 137 Å². The zero-order chi connectivity index (χ0) is 37.5. The molecular weight excluding hydrogens is 715 g/mol. The molecule has 0 N–H and O–H groups in total. The SMILES string of the molecule is c1ccc(-c2nc(-c3ccccc3)nc(-c3ccc4c(c3)c3cc5c(cc3n4-c3ccccc3)sc3ccc(-n4c6ccccc6c6ccccc64)cc35)n2)cc1. The highest BCUT2D eigenvalue weighted by Gasteiger charge is 2.19. The van der Waals surface area contributed by atoms with Crippen LogP contribution in [0.3, 0.4) is 0 Å². The van der Waals surface area contributed by atoms with Gasteiger partial charge in [-0.25, -0.2) is 15.0 Å². The largest absolute Gasteiger partial charge is 0.309 e. The van der Waals surface area contributed by atoms with Gasteiger partial charge in [0, 0.05) is 69.8 Å². The lowest BCUT2D eigenvalue weighted by Gasteiger charge is -2.09. The van der Waals surface area contributed by atoms with Crippen LogP contribution in [-0.2, 0) is 0 Å². The van der Waals surface area contributed by atoms with Gasteiger partial charge in [-0.3, -0.25) is 0 Å². The average molecular weight is 746 g/mol. The summed E-state index contributed by atoms with van der Waals surface area (Å²) in [5.74, 6) is 1.94. The first-order valence-corrected chi connectivity index (χ1v) is 19.9. The minimum atomic E-state index is 0.642. The third-order valence-corrected chi connectivity index (χ3v) is 12.3. The second-order valence-corrected chi connectivity index (χ2v) is 15.5. The van der Waals surface area contributed by atoms with Crippen molar-refractivity contribution in [2.45, 2.75) is 0 Å². The average Bonchev–Trinajstić information content (AvgIpc) is 3.93. The maximum absolute atomic E-state index is 5.08. The molecule has 0 saturated carbocycles. The van der Waals surface area contributed by atoms with E-state index < -0.39 is 0 Å². The van der Waals surface area contributed by atoms with Crippen LogP contribution in [0, 0.1) is 0 Å². The summed E-state index contributed by atoms with van der Waals surface area (Å²) in [5, 5.41) is 7.37. The minimum Gasteiger partial charge on any atom is -0.309 e. The van der Waals surface area contributed by atoms with E-state index in [-0.39, 0.29) is 0 Å². The minimum absolute atomic E-state index is 0.642. The lowest BCUT2D eigenvalue weighted by Crippen LogP contribution is -2.00. The molecule has 8 aromatic carbocycles. The van der Waals surface area contributed by atoms with Crippen LogP contribution < -0.4 is 0 Å². The van der Waals surface area contributed by atoms with Crippen molar-refractivity contribution in [3.63, 3.8) is 0 Å². The van der Waals surface area contributed by atoms with E-state index in [4.69, 9.17) is 15.0 Å². The number of thiophene rings is 1. The Hall–Kier alpha value is -7.41. The van der Waals surface area contributed by atoms with Crippen molar-refractivity contribution in [1.82, 2.24) is 24.1 Å². The third kappa shape index (κ3) is 5.04. The predicted molar refractivity (Wildman–Crippen MR) is 238 cm³/mol. The van der Waals surface area contributed by atoms with Crippen molar-refractivity contribution in [2.24, 2.45) is 0 Å². The van der Waals surface area contributed by atoms with E-state index in [1.54, 1.807) is 0 Å². The summed E-state index contributed by atoms with van der Waals surface area (Å²) < 4.78 is 7.32. The number of aromatic nitrogens is 5. The summed E-state index contributed by atoms with van der Waals surface area (Å²) >= 11 is 1.85. The molecule has 0 atom stereocenters. The molecule has 0 radical (unpaired) electrons. The molecule has 57 heavy (non-hydrogen) atoms. The molecule has 12 rings (SSSR count). The van der Waals surface area contributed by atoms with Crippen LogP contribution in [0.4, 0.5) is 0 Å². The van der Waals surface area contributed by atoms with Crippen molar-refractivity contribution in [1.29, 1.82) is 0 Å². The van der Waals surface area contributed by atoms with E-state index in [9.17, 15) is 0 Å². The van der Waals surface area contributed by atoms with Gasteiger partial charge in [0.25, 0.3) is 0 Å². The molecule has 5 nitrogen and oxygen atoms in total. The van der Waals surface area contributed by atoms with Gasteiger partial charge in [0.05, 0.1) is 22.1 Å². The standard InChI is InChI=1S/C51H31N5S/c1-4-14-32(15-5-1)49-52-50(33-16-6-2-7-17-33)54-51(53-49)34-24-26-45-39(28-34)40-30-42-41-29-36(56-43-22-12-10-20-37(43)38-21-11-13-23-44(38)56)25-27-47(41)57-48(42)31-46(40)55(45)35-18-8-3-9-19-35/h1-31H. The van der Waals surface area contributed by atoms with Crippen LogP contribution in [0.1, 0.15) is 0 Å². The van der Waals surface area contributed by atoms with Gasteiger partial charge < -0.3 is 9.13 Å². The molecule has 0 spiro atoms. The zero-order valence-electron chi connectivity index (χ0n) is 30.5. The van der Waals surface area contributed by atoms with Crippen molar-refractivity contribution < 1.29 is 0 Å². The highest BCUT2D eigenvalue weighted by molar-refractivity contribution is 7.25. The zero-order valence-corrected chi connectivity index (χ0v) is 31.4. The summed E-state index contributed by atoms with van der Waals surface area (Å²) in [6, 6.07) is 66.7. The smallest absolute Gasteiger partial charge is 0.164 e. The molecule has 0 aliphatic rings. The summed E-state index contributed by atoms with van der Waals surface area (Å²) in [5.41, 5.74) is 9.85. The van der Waals surface area contributed by atoms with Crippen molar-refractivity contribution in [3.8, 4) is 45.5 Å². The molecule has 4 heterocycles. The fourth-order valence-electron chi connectivity index (χ4n) is 8.55. The molecule has 0 aliphatic carbocycles. The van der Waals surface area contributed by atoms with E-state index in [1.807, 2.05) is 72.0 Å². The molecule has 0 saturated heterocycles. The Balaban J connectivity index is 1.10. The Kier molecular flexibility index (Phi) is 7.03. The summed E-state index contributed by atoms with van der Waals surface area (Å²) in [4.78, 5) is 15.1. The Labute approximate surface area is 331 Å². The monoisotopic (exact) mass is 745 g/mol. The van der Waals surface area contributed by atoms with Gasteiger partial charge in [-0.2, -0.15) is 0 Å². The molecule has 6 heteroatoms. The van der Waals surface area contributed by atoms with E-state index in [0.717, 1.165) is 39.0 Å². The number of para-hydroxylation sites is 3. The summed E-state index contributed by atoms with van der Waals surface area (Å²) in [6.07, 6.45) is 0. The van der Waals surface area contributed by atoms with Gasteiger partial charge in [0.2, 0.25) is 0 Å². The predicted octanol–water partition coefficient (Wildman–Crippen LogP) is 13.4. The van der Waals surface area contributed by atoms with Gasteiger partial charge in [0.15, 0.2) is 17.5 Å². The van der Waals surface area contributed by atoms with Crippen LogP contribution in [0.2, 0.25) is 0 Å². The van der Waals surface area contributed by atoms with Crippen LogP contribution in [0.5, 0.6) is 0 Å². The van der Waals surface area contributed by atoms with E-state index in [1.165, 1.54) is 52.9 Å². The van der Waals surface area contributed by atoms with Crippen LogP contribution >= 0.6 is 11.3 Å². The van der Waals surface area contributed by atoms with Crippen LogP contribution in [-0.4, -0.2) is 24.1 Å². The lowest BCUT2D eigenvalue weighted by atomic mass is 10.1. The molecule has 266 valence electrons. The van der Waals surface area contributed by atoms with Gasteiger partial charge in [-0.05, 0) is 72.8 Å². The van der Waals surface area contributed by atoms with Crippen LogP contribution in [0.25, 0.3) is 109 Å². The highest BCUT2D eigenvalue weighted by Crippen LogP contribution is 2.43. The Bertz CT molecular complexity index is 3400. The molecule has 0 fully saturated rings. The fourth-order valence-corrected chi connectivity index (χ4v) is 9.65. The molecule has 0 bridgehead atoms. The Morgan fingerprint density at radius 2 is 0.807 bits per heavy atom. The van der Waals surface area contributed by atoms with Gasteiger partial charge in [-0.1, -0.05) is 115 Å². The third-order valence-electron chi connectivity index (χ3n) is 11.1. The Morgan fingerprint density at radius 1 is 0.298 bits per heavy atom. The summed E-state index contributed by atoms with van der Waals surface area (Å²) in [6.45, 7) is 0. The molecule has 0 unspecified atom stereocenters. The van der Waals surface area contributed by atoms with Gasteiger partial charge in [-0.15, -0.1) is 11.3 Å². The number of nitrogens with zero attached hydrogens (tertiary/aromatic N) is 5. The quantitative estimate of drug-likeness (QED) is 0.176. The molecule has 0 aliphatic heterocycles. The first kappa shape index (κ1) is 31.9. The normalized spacial score (nSPS) is 11.9. The summed E-state index contributed by atoms with van der Waals surface area (Å²) in [7, 11) is 0. The second-order valence-electron chi connectivity index (χ2n) is 14.5. The maximum Gasteiger partial charge on any atom is 0.164 e. The van der Waals surface area contributed by atoms with Crippen LogP contribution in [0.15, 0.2) is 188 Å². The molecule has 12 aromatic rings. The number of hydrogen-bond acceptors (Lipinski definition) is 4. The molecule has 0 amide bonds. The van der Waals surface area contributed by atoms with E-state index >= 15 is 0 Å². The van der Waals surface area contributed by atoms with Gasteiger partial charge in [0.1, 0.15) is 0 Å². The lowest BCUT2D eigenvalue weighted by molar-refractivity contribution is 1.07. The maximum atomic E-state index is 5.08. The number of fused-ring (bicyclic) bond motifs is 9. The van der Waals surface area contributed by atoms with E-state index in [0.29, 0.717) is 17.5 Å². The second kappa shape index (κ2) is 12.6. The van der Waals surface area contributed by atoms with Crippen molar-refractivity contribution in [2.75, 3.05) is 0 Å². The fraction of sp³-hybridized carbons (Fsp3) is 0. The first-order chi connectivity index (χ1) is 28.2. The van der Waals surface area contributed by atoms with Gasteiger partial charge >= 0.3 is 0 Å². The first-order valence-electron chi connectivity index (χ1n) is 19.1. The van der Waals surface area contributed by atoms with Crippen molar-refractivity contribution >= 4 is 75.1 Å². The van der Waals surface area contributed by atoms with Crippen molar-refractivity contribution in [3.05, 3.63) is 188 Å². The highest BCUT2D eigenvalue weighted by atomic mass is 32.1. The number of hydrogen-bond donors (Lipinski definition) is 0. The number of benzene rings is 8. The topological polar surface area (TPSA) is 48.5 Å². The molecular formula is C51H31N5S. The Morgan fingerprint density at radius 3 is 1.46 bits per heavy atom. The molecule has 4 aromatic heterocycles.